The van der Waals surface area contributed by atoms with Crippen molar-refractivity contribution in [2.24, 2.45) is 0 Å². The summed E-state index contributed by atoms with van der Waals surface area (Å²) in [5.41, 5.74) is 0.960. The van der Waals surface area contributed by atoms with Gasteiger partial charge in [0.1, 0.15) is 6.10 Å². The van der Waals surface area contributed by atoms with Gasteiger partial charge in [0.25, 0.3) is 0 Å². The molecule has 0 amide bonds. The summed E-state index contributed by atoms with van der Waals surface area (Å²) in [4.78, 5) is 8.84. The fourth-order valence-corrected chi connectivity index (χ4v) is 1.82. The van der Waals surface area contributed by atoms with E-state index in [4.69, 9.17) is 4.74 Å². The summed E-state index contributed by atoms with van der Waals surface area (Å²) in [7, 11) is 0. The fourth-order valence-electron chi connectivity index (χ4n) is 1.82. The maximum absolute atomic E-state index is 5.59. The molecular weight excluding hydrogens is 202 g/mol. The highest BCUT2D eigenvalue weighted by Crippen LogP contribution is 2.17. The van der Waals surface area contributed by atoms with Crippen LogP contribution in [0.15, 0.2) is 30.5 Å². The van der Waals surface area contributed by atoms with E-state index in [2.05, 4.69) is 15.3 Å². The molecule has 16 heavy (non-hydrogen) atoms. The monoisotopic (exact) mass is 214 g/mol. The highest BCUT2D eigenvalue weighted by Gasteiger charge is 2.19. The van der Waals surface area contributed by atoms with Gasteiger partial charge in [-0.15, -0.1) is 0 Å². The zero-order valence-corrected chi connectivity index (χ0v) is 8.84. The van der Waals surface area contributed by atoms with Gasteiger partial charge in [0.05, 0.1) is 12.1 Å². The number of aromatic nitrogens is 2. The van der Waals surface area contributed by atoms with Crippen molar-refractivity contribution in [3.05, 3.63) is 36.3 Å². The van der Waals surface area contributed by atoms with E-state index in [1.807, 2.05) is 30.5 Å². The highest BCUT2D eigenvalue weighted by molar-refractivity contribution is 5.77. The van der Waals surface area contributed by atoms with Gasteiger partial charge in [-0.05, 0) is 6.07 Å². The second-order valence-corrected chi connectivity index (χ2v) is 3.78. The SMILES string of the molecule is c1ccc2nc(C3C[N]CCO3)ncc2c1. The van der Waals surface area contributed by atoms with Gasteiger partial charge in [-0.1, -0.05) is 18.2 Å². The Labute approximate surface area is 93.7 Å². The van der Waals surface area contributed by atoms with Crippen LogP contribution in [-0.4, -0.2) is 29.7 Å². The van der Waals surface area contributed by atoms with Gasteiger partial charge in [0, 0.05) is 24.7 Å². The van der Waals surface area contributed by atoms with Crippen LogP contribution in [-0.2, 0) is 4.74 Å². The summed E-state index contributed by atoms with van der Waals surface area (Å²) in [6, 6.07) is 7.95. The second-order valence-electron chi connectivity index (χ2n) is 3.78. The van der Waals surface area contributed by atoms with E-state index in [1.165, 1.54) is 0 Å². The Kier molecular flexibility index (Phi) is 2.52. The van der Waals surface area contributed by atoms with Gasteiger partial charge in [0.2, 0.25) is 0 Å². The number of ether oxygens (including phenoxy) is 1. The molecule has 0 bridgehead atoms. The molecule has 1 radical (unpaired) electrons. The van der Waals surface area contributed by atoms with E-state index in [0.29, 0.717) is 13.2 Å². The van der Waals surface area contributed by atoms with Gasteiger partial charge in [-0.2, -0.15) is 0 Å². The van der Waals surface area contributed by atoms with E-state index < -0.39 is 0 Å². The molecule has 1 unspecified atom stereocenters. The fraction of sp³-hybridized carbons (Fsp3) is 0.333. The summed E-state index contributed by atoms with van der Waals surface area (Å²) in [5.74, 6) is 0.738. The first-order valence-electron chi connectivity index (χ1n) is 5.40. The van der Waals surface area contributed by atoms with Crippen molar-refractivity contribution in [2.45, 2.75) is 6.10 Å². The average molecular weight is 214 g/mol. The number of hydrogen-bond donors (Lipinski definition) is 0. The Morgan fingerprint density at radius 3 is 3.06 bits per heavy atom. The zero-order chi connectivity index (χ0) is 10.8. The molecule has 1 aromatic heterocycles. The molecule has 1 atom stereocenters. The number of rotatable bonds is 1. The van der Waals surface area contributed by atoms with Crippen molar-refractivity contribution < 1.29 is 4.74 Å². The first-order valence-corrected chi connectivity index (χ1v) is 5.40. The van der Waals surface area contributed by atoms with Crippen molar-refractivity contribution in [2.75, 3.05) is 19.7 Å². The Hall–Kier alpha value is -1.52. The predicted octanol–water partition coefficient (Wildman–Crippen LogP) is 1.31. The molecule has 0 N–H and O–H groups in total. The molecule has 1 fully saturated rings. The van der Waals surface area contributed by atoms with Crippen LogP contribution < -0.4 is 5.32 Å². The third kappa shape index (κ3) is 1.77. The lowest BCUT2D eigenvalue weighted by Crippen LogP contribution is -2.29. The number of benzene rings is 1. The topological polar surface area (TPSA) is 49.1 Å². The maximum atomic E-state index is 5.59. The summed E-state index contributed by atoms with van der Waals surface area (Å²) >= 11 is 0. The average Bonchev–Trinajstić information content (AvgIpc) is 2.39. The van der Waals surface area contributed by atoms with E-state index in [0.717, 1.165) is 23.3 Å². The van der Waals surface area contributed by atoms with Crippen LogP contribution in [0.4, 0.5) is 0 Å². The normalized spacial score (nSPS) is 21.1. The minimum atomic E-state index is -0.0710. The largest absolute Gasteiger partial charge is 0.367 e. The first kappa shape index (κ1) is 9.69. The molecule has 2 aromatic rings. The highest BCUT2D eigenvalue weighted by atomic mass is 16.5. The molecule has 4 heteroatoms. The number of para-hydroxylation sites is 1. The molecule has 1 aromatic carbocycles. The van der Waals surface area contributed by atoms with Crippen molar-refractivity contribution in [3.8, 4) is 0 Å². The lowest BCUT2D eigenvalue weighted by Gasteiger charge is -2.21. The Balaban J connectivity index is 1.97. The quantitative estimate of drug-likeness (QED) is 0.719. The number of fused-ring (bicyclic) bond motifs is 1. The molecule has 81 valence electrons. The van der Waals surface area contributed by atoms with Crippen LogP contribution in [0.5, 0.6) is 0 Å². The van der Waals surface area contributed by atoms with Crippen molar-refractivity contribution in [1.29, 1.82) is 0 Å². The molecule has 4 nitrogen and oxygen atoms in total. The molecule has 0 aliphatic carbocycles. The Bertz CT molecular complexity index is 494. The van der Waals surface area contributed by atoms with Crippen molar-refractivity contribution >= 4 is 10.9 Å². The number of morpholine rings is 1. The van der Waals surface area contributed by atoms with Crippen LogP contribution >= 0.6 is 0 Å². The Morgan fingerprint density at radius 2 is 2.19 bits per heavy atom. The van der Waals surface area contributed by atoms with Gasteiger partial charge in [0.15, 0.2) is 5.82 Å². The van der Waals surface area contributed by atoms with Crippen LogP contribution in [0, 0.1) is 0 Å². The molecule has 0 saturated carbocycles. The van der Waals surface area contributed by atoms with Crippen LogP contribution in [0.3, 0.4) is 0 Å². The van der Waals surface area contributed by atoms with E-state index in [9.17, 15) is 0 Å². The first-order chi connectivity index (χ1) is 7.93. The summed E-state index contributed by atoms with van der Waals surface area (Å²) in [5, 5.41) is 5.36. The van der Waals surface area contributed by atoms with E-state index >= 15 is 0 Å². The van der Waals surface area contributed by atoms with Gasteiger partial charge in [-0.3, -0.25) is 0 Å². The summed E-state index contributed by atoms with van der Waals surface area (Å²) < 4.78 is 5.59. The van der Waals surface area contributed by atoms with E-state index in [-0.39, 0.29) is 6.10 Å². The molecule has 1 saturated heterocycles. The van der Waals surface area contributed by atoms with Crippen LogP contribution in [0.25, 0.3) is 10.9 Å². The van der Waals surface area contributed by atoms with Crippen molar-refractivity contribution in [1.82, 2.24) is 15.3 Å². The predicted molar refractivity (Wildman–Crippen MR) is 60.1 cm³/mol. The lowest BCUT2D eigenvalue weighted by atomic mass is 10.2. The molecular formula is C12H12N3O. The van der Waals surface area contributed by atoms with Gasteiger partial charge < -0.3 is 4.74 Å². The molecule has 3 rings (SSSR count). The molecule has 1 aliphatic heterocycles. The minimum Gasteiger partial charge on any atom is -0.367 e. The molecule has 0 spiro atoms. The van der Waals surface area contributed by atoms with E-state index in [1.54, 1.807) is 0 Å². The second kappa shape index (κ2) is 4.15. The minimum absolute atomic E-state index is 0.0710. The van der Waals surface area contributed by atoms with Crippen LogP contribution in [0.2, 0.25) is 0 Å². The van der Waals surface area contributed by atoms with Crippen LogP contribution in [0.1, 0.15) is 11.9 Å². The Morgan fingerprint density at radius 1 is 1.25 bits per heavy atom. The number of hydrogen-bond acceptors (Lipinski definition) is 3. The molecule has 2 heterocycles. The van der Waals surface area contributed by atoms with Crippen molar-refractivity contribution in [3.63, 3.8) is 0 Å². The lowest BCUT2D eigenvalue weighted by molar-refractivity contribution is 0.0207. The van der Waals surface area contributed by atoms with Gasteiger partial charge >= 0.3 is 0 Å². The molecule has 1 aliphatic rings. The zero-order valence-electron chi connectivity index (χ0n) is 8.84. The maximum Gasteiger partial charge on any atom is 0.159 e. The number of nitrogens with zero attached hydrogens (tertiary/aromatic N) is 3. The third-order valence-corrected chi connectivity index (χ3v) is 2.66. The standard InChI is InChI=1S/C12H12N3O/c1-2-4-10-9(3-1)7-14-12(15-10)11-8-13-5-6-16-11/h1-4,7,11H,5-6,8H2. The smallest absolute Gasteiger partial charge is 0.159 e. The summed E-state index contributed by atoms with van der Waals surface area (Å²) in [6.45, 7) is 2.11. The van der Waals surface area contributed by atoms with Gasteiger partial charge in [-0.25, -0.2) is 15.3 Å². The summed E-state index contributed by atoms with van der Waals surface area (Å²) in [6.07, 6.45) is 1.77. The third-order valence-electron chi connectivity index (χ3n) is 2.66.